The number of benzene rings is 2. The molecule has 1 aromatic heterocycles. The summed E-state index contributed by atoms with van der Waals surface area (Å²) in [6, 6.07) is 15.3. The largest absolute Gasteiger partial charge is 0.277 e. The average Bonchev–Trinajstić information content (AvgIpc) is 2.58. The highest BCUT2D eigenvalue weighted by Crippen LogP contribution is 2.45. The second-order valence-corrected chi connectivity index (χ2v) is 7.72. The third kappa shape index (κ3) is 2.30. The number of hydrogen-bond donors (Lipinski definition) is 0. The molecule has 0 N–H and O–H groups in total. The number of rotatable bonds is 1. The van der Waals surface area contributed by atoms with Gasteiger partial charge in [-0.3, -0.25) is 9.98 Å². The molecule has 0 bridgehead atoms. The Morgan fingerprint density at radius 2 is 1.68 bits per heavy atom. The molecule has 4 rings (SSSR count). The SMILES string of the molecule is CC1(C)N=C(c2cnc3ccccc3c2)c2cccc(F)c2C1(C)C. The van der Waals surface area contributed by atoms with Crippen LogP contribution in [0.1, 0.15) is 44.4 Å². The van der Waals surface area contributed by atoms with Gasteiger partial charge in [0.25, 0.3) is 0 Å². The fraction of sp³-hybridized carbons (Fsp3) is 0.273. The zero-order valence-electron chi connectivity index (χ0n) is 15.0. The second-order valence-electron chi connectivity index (χ2n) is 7.72. The van der Waals surface area contributed by atoms with Crippen LogP contribution in [0.15, 0.2) is 59.7 Å². The van der Waals surface area contributed by atoms with Crippen molar-refractivity contribution in [3.05, 3.63) is 77.2 Å². The number of para-hydroxylation sites is 1. The second kappa shape index (κ2) is 5.22. The predicted octanol–water partition coefficient (Wildman–Crippen LogP) is 5.28. The van der Waals surface area contributed by atoms with Crippen molar-refractivity contribution in [2.45, 2.75) is 38.6 Å². The molecule has 2 nitrogen and oxygen atoms in total. The molecule has 1 aliphatic heterocycles. The van der Waals surface area contributed by atoms with Gasteiger partial charge in [-0.15, -0.1) is 0 Å². The molecule has 0 saturated heterocycles. The maximum atomic E-state index is 14.8. The van der Waals surface area contributed by atoms with Gasteiger partial charge >= 0.3 is 0 Å². The molecule has 0 amide bonds. The number of aromatic nitrogens is 1. The van der Waals surface area contributed by atoms with Crippen molar-refractivity contribution in [2.24, 2.45) is 4.99 Å². The van der Waals surface area contributed by atoms with Crippen molar-refractivity contribution in [3.63, 3.8) is 0 Å². The molecular weight excluding hydrogens is 311 g/mol. The van der Waals surface area contributed by atoms with E-state index in [1.54, 1.807) is 6.07 Å². The molecule has 0 saturated carbocycles. The predicted molar refractivity (Wildman–Crippen MR) is 101 cm³/mol. The van der Waals surface area contributed by atoms with Crippen LogP contribution in [0.5, 0.6) is 0 Å². The molecule has 126 valence electrons. The summed E-state index contributed by atoms with van der Waals surface area (Å²) in [6.07, 6.45) is 1.84. The maximum Gasteiger partial charge on any atom is 0.127 e. The van der Waals surface area contributed by atoms with E-state index in [-0.39, 0.29) is 5.82 Å². The van der Waals surface area contributed by atoms with E-state index >= 15 is 0 Å². The number of halogens is 1. The number of hydrogen-bond acceptors (Lipinski definition) is 2. The topological polar surface area (TPSA) is 25.2 Å². The molecule has 0 radical (unpaired) electrons. The van der Waals surface area contributed by atoms with Gasteiger partial charge in [0.2, 0.25) is 0 Å². The van der Waals surface area contributed by atoms with Crippen LogP contribution >= 0.6 is 0 Å². The fourth-order valence-corrected chi connectivity index (χ4v) is 3.56. The summed E-state index contributed by atoms with van der Waals surface area (Å²) in [6.45, 7) is 8.26. The Hall–Kier alpha value is -2.55. The Bertz CT molecular complexity index is 1020. The number of pyridine rings is 1. The van der Waals surface area contributed by atoms with Gasteiger partial charge in [0, 0.05) is 33.7 Å². The summed E-state index contributed by atoms with van der Waals surface area (Å²) < 4.78 is 14.8. The molecule has 0 aliphatic carbocycles. The third-order valence-corrected chi connectivity index (χ3v) is 5.68. The first-order valence-corrected chi connectivity index (χ1v) is 8.56. The van der Waals surface area contributed by atoms with Gasteiger partial charge in [-0.05, 0) is 32.0 Å². The van der Waals surface area contributed by atoms with Crippen LogP contribution in [0.25, 0.3) is 10.9 Å². The minimum absolute atomic E-state index is 0.170. The lowest BCUT2D eigenvalue weighted by molar-refractivity contribution is 0.293. The molecular formula is C22H21FN2. The highest BCUT2D eigenvalue weighted by Gasteiger charge is 2.45. The summed E-state index contributed by atoms with van der Waals surface area (Å²) in [7, 11) is 0. The molecule has 0 unspecified atom stereocenters. The maximum absolute atomic E-state index is 14.8. The Balaban J connectivity index is 2.00. The lowest BCUT2D eigenvalue weighted by Crippen LogP contribution is -2.46. The molecule has 0 spiro atoms. The van der Waals surface area contributed by atoms with E-state index in [0.29, 0.717) is 0 Å². The molecule has 3 aromatic rings. The minimum Gasteiger partial charge on any atom is -0.277 e. The highest BCUT2D eigenvalue weighted by atomic mass is 19.1. The molecule has 1 aliphatic rings. The number of aliphatic imine (C=N–C) groups is 1. The van der Waals surface area contributed by atoms with E-state index in [9.17, 15) is 4.39 Å². The van der Waals surface area contributed by atoms with E-state index in [1.807, 2.05) is 36.5 Å². The Kier molecular flexibility index (Phi) is 3.33. The quantitative estimate of drug-likeness (QED) is 0.595. The smallest absolute Gasteiger partial charge is 0.127 e. The van der Waals surface area contributed by atoms with Crippen molar-refractivity contribution in [3.8, 4) is 0 Å². The Morgan fingerprint density at radius 1 is 0.920 bits per heavy atom. The van der Waals surface area contributed by atoms with E-state index < -0.39 is 11.0 Å². The first-order chi connectivity index (χ1) is 11.8. The fourth-order valence-electron chi connectivity index (χ4n) is 3.56. The van der Waals surface area contributed by atoms with Gasteiger partial charge in [-0.1, -0.05) is 44.2 Å². The molecule has 25 heavy (non-hydrogen) atoms. The van der Waals surface area contributed by atoms with Crippen LogP contribution in [0, 0.1) is 5.82 Å². The zero-order chi connectivity index (χ0) is 17.8. The monoisotopic (exact) mass is 332 g/mol. The van der Waals surface area contributed by atoms with Gasteiger partial charge in [0.15, 0.2) is 0 Å². The van der Waals surface area contributed by atoms with E-state index in [2.05, 4.69) is 38.7 Å². The number of fused-ring (bicyclic) bond motifs is 2. The van der Waals surface area contributed by atoms with Gasteiger partial charge in [-0.2, -0.15) is 0 Å². The van der Waals surface area contributed by atoms with Gasteiger partial charge in [-0.25, -0.2) is 4.39 Å². The van der Waals surface area contributed by atoms with E-state index in [1.165, 1.54) is 6.07 Å². The summed E-state index contributed by atoms with van der Waals surface area (Å²) >= 11 is 0. The van der Waals surface area contributed by atoms with E-state index in [0.717, 1.165) is 33.3 Å². The van der Waals surface area contributed by atoms with Crippen molar-refractivity contribution in [2.75, 3.05) is 0 Å². The summed E-state index contributed by atoms with van der Waals surface area (Å²) in [5, 5.41) is 1.06. The van der Waals surface area contributed by atoms with Crippen LogP contribution in [0.4, 0.5) is 4.39 Å². The van der Waals surface area contributed by atoms with E-state index in [4.69, 9.17) is 4.99 Å². The van der Waals surface area contributed by atoms with Crippen molar-refractivity contribution < 1.29 is 4.39 Å². The van der Waals surface area contributed by atoms with Crippen LogP contribution in [-0.2, 0) is 5.41 Å². The Labute approximate surface area is 147 Å². The normalized spacial score (nSPS) is 17.9. The van der Waals surface area contributed by atoms with Gasteiger partial charge < -0.3 is 0 Å². The highest BCUT2D eigenvalue weighted by molar-refractivity contribution is 6.15. The first-order valence-electron chi connectivity index (χ1n) is 8.56. The lowest BCUT2D eigenvalue weighted by atomic mass is 9.65. The summed E-state index contributed by atoms with van der Waals surface area (Å²) in [5.41, 5.74) is 3.46. The first kappa shape index (κ1) is 15.9. The molecule has 2 heterocycles. The standard InChI is InChI=1S/C22H21FN2/c1-21(2)19-16(9-7-10-17(19)23)20(25-22(21,3)4)15-12-14-8-5-6-11-18(14)24-13-15/h5-13H,1-4H3. The molecule has 3 heteroatoms. The lowest BCUT2D eigenvalue weighted by Gasteiger charge is -2.44. The van der Waals surface area contributed by atoms with Gasteiger partial charge in [0.1, 0.15) is 5.82 Å². The van der Waals surface area contributed by atoms with Crippen molar-refractivity contribution >= 4 is 16.6 Å². The zero-order valence-corrected chi connectivity index (χ0v) is 15.0. The molecule has 0 atom stereocenters. The van der Waals surface area contributed by atoms with Crippen molar-refractivity contribution in [1.29, 1.82) is 0 Å². The number of nitrogens with zero attached hydrogens (tertiary/aromatic N) is 2. The van der Waals surface area contributed by atoms with Crippen LogP contribution in [-0.4, -0.2) is 16.2 Å². The average molecular weight is 332 g/mol. The molecule has 2 aromatic carbocycles. The Morgan fingerprint density at radius 3 is 2.48 bits per heavy atom. The van der Waals surface area contributed by atoms with Crippen LogP contribution in [0.3, 0.4) is 0 Å². The van der Waals surface area contributed by atoms with Crippen LogP contribution in [0.2, 0.25) is 0 Å². The van der Waals surface area contributed by atoms with Gasteiger partial charge in [0.05, 0.1) is 16.8 Å². The summed E-state index contributed by atoms with van der Waals surface area (Å²) in [5.74, 6) is -0.170. The minimum atomic E-state index is -0.427. The van der Waals surface area contributed by atoms with Crippen LogP contribution < -0.4 is 0 Å². The van der Waals surface area contributed by atoms with Crippen molar-refractivity contribution in [1.82, 2.24) is 4.98 Å². The third-order valence-electron chi connectivity index (χ3n) is 5.68. The molecule has 0 fully saturated rings. The summed E-state index contributed by atoms with van der Waals surface area (Å²) in [4.78, 5) is 9.60.